The molecule has 1 N–H and O–H groups in total. The summed E-state index contributed by atoms with van der Waals surface area (Å²) in [5.74, 6) is 2.03. The second-order valence-corrected chi connectivity index (χ2v) is 4.01. The van der Waals surface area contributed by atoms with Crippen molar-refractivity contribution in [3.63, 3.8) is 0 Å². The van der Waals surface area contributed by atoms with E-state index < -0.39 is 0 Å². The molecular formula is C10H12N4O. The molecule has 0 unspecified atom stereocenters. The second kappa shape index (κ2) is 3.18. The molecule has 78 valence electrons. The standard InChI is InChI=1S/C10H12N4O/c15-8-5-11-10-12-9(13-14(10)6-8)7-3-1-2-4-7/h5-7,15H,1-4H2. The number of aromatic nitrogens is 4. The second-order valence-electron chi connectivity index (χ2n) is 4.01. The summed E-state index contributed by atoms with van der Waals surface area (Å²) in [6.07, 6.45) is 7.79. The molecule has 2 heterocycles. The maximum atomic E-state index is 9.25. The first-order valence-corrected chi connectivity index (χ1v) is 5.24. The van der Waals surface area contributed by atoms with E-state index in [1.54, 1.807) is 4.52 Å². The van der Waals surface area contributed by atoms with Crippen LogP contribution in [0, 0.1) is 0 Å². The molecule has 2 aromatic rings. The summed E-state index contributed by atoms with van der Waals surface area (Å²) in [7, 11) is 0. The van der Waals surface area contributed by atoms with E-state index in [1.807, 2.05) is 0 Å². The van der Waals surface area contributed by atoms with Crippen LogP contribution >= 0.6 is 0 Å². The summed E-state index contributed by atoms with van der Waals surface area (Å²) >= 11 is 0. The molecule has 0 spiro atoms. The van der Waals surface area contributed by atoms with Gasteiger partial charge in [-0.3, -0.25) is 0 Å². The van der Waals surface area contributed by atoms with Crippen molar-refractivity contribution in [2.75, 3.05) is 0 Å². The molecule has 5 nitrogen and oxygen atoms in total. The van der Waals surface area contributed by atoms with Crippen LogP contribution in [0.15, 0.2) is 12.4 Å². The molecule has 0 bridgehead atoms. The third-order valence-corrected chi connectivity index (χ3v) is 2.92. The lowest BCUT2D eigenvalue weighted by molar-refractivity contribution is 0.467. The molecule has 0 radical (unpaired) electrons. The molecule has 0 aromatic carbocycles. The number of fused-ring (bicyclic) bond motifs is 1. The molecule has 1 aliphatic carbocycles. The van der Waals surface area contributed by atoms with Crippen LogP contribution in [0.4, 0.5) is 0 Å². The van der Waals surface area contributed by atoms with Crippen LogP contribution < -0.4 is 0 Å². The fourth-order valence-electron chi connectivity index (χ4n) is 2.15. The minimum absolute atomic E-state index is 0.116. The molecule has 0 aliphatic heterocycles. The van der Waals surface area contributed by atoms with E-state index in [4.69, 9.17) is 0 Å². The van der Waals surface area contributed by atoms with Gasteiger partial charge in [0.15, 0.2) is 11.6 Å². The van der Waals surface area contributed by atoms with E-state index in [1.165, 1.54) is 38.1 Å². The summed E-state index contributed by atoms with van der Waals surface area (Å²) in [5.41, 5.74) is 0. The molecule has 1 saturated carbocycles. The Kier molecular flexibility index (Phi) is 1.83. The number of aromatic hydroxyl groups is 1. The van der Waals surface area contributed by atoms with Gasteiger partial charge in [-0.2, -0.15) is 4.98 Å². The highest BCUT2D eigenvalue weighted by molar-refractivity contribution is 5.30. The lowest BCUT2D eigenvalue weighted by Crippen LogP contribution is -1.95. The van der Waals surface area contributed by atoms with Gasteiger partial charge in [0.25, 0.3) is 5.78 Å². The van der Waals surface area contributed by atoms with Crippen molar-refractivity contribution in [1.29, 1.82) is 0 Å². The Bertz CT molecular complexity index is 487. The van der Waals surface area contributed by atoms with Crippen LogP contribution in [0.1, 0.15) is 37.4 Å². The van der Waals surface area contributed by atoms with Crippen molar-refractivity contribution in [2.45, 2.75) is 31.6 Å². The van der Waals surface area contributed by atoms with E-state index in [-0.39, 0.29) is 5.75 Å². The molecule has 0 amide bonds. The average Bonchev–Trinajstić information content (AvgIpc) is 2.84. The Morgan fingerprint density at radius 3 is 2.93 bits per heavy atom. The lowest BCUT2D eigenvalue weighted by Gasteiger charge is -2.00. The van der Waals surface area contributed by atoms with Crippen LogP contribution in [0.2, 0.25) is 0 Å². The van der Waals surface area contributed by atoms with Crippen LogP contribution in [0.3, 0.4) is 0 Å². The van der Waals surface area contributed by atoms with Crippen molar-refractivity contribution in [2.24, 2.45) is 0 Å². The summed E-state index contributed by atoms with van der Waals surface area (Å²) in [6, 6.07) is 0. The van der Waals surface area contributed by atoms with Gasteiger partial charge in [0.2, 0.25) is 0 Å². The van der Waals surface area contributed by atoms with E-state index in [9.17, 15) is 5.11 Å². The van der Waals surface area contributed by atoms with E-state index in [0.29, 0.717) is 11.7 Å². The maximum Gasteiger partial charge on any atom is 0.252 e. The third-order valence-electron chi connectivity index (χ3n) is 2.92. The number of hydrogen-bond acceptors (Lipinski definition) is 4. The van der Waals surface area contributed by atoms with Crippen molar-refractivity contribution >= 4 is 5.78 Å². The van der Waals surface area contributed by atoms with Crippen molar-refractivity contribution in [3.05, 3.63) is 18.2 Å². The Hall–Kier alpha value is -1.65. The normalized spacial score (nSPS) is 17.6. The van der Waals surface area contributed by atoms with Crippen LogP contribution in [-0.4, -0.2) is 24.7 Å². The monoisotopic (exact) mass is 204 g/mol. The summed E-state index contributed by atoms with van der Waals surface area (Å²) in [5, 5.41) is 13.6. The zero-order chi connectivity index (χ0) is 10.3. The minimum Gasteiger partial charge on any atom is -0.505 e. The van der Waals surface area contributed by atoms with E-state index in [2.05, 4.69) is 15.1 Å². The molecule has 0 atom stereocenters. The molecule has 1 aliphatic rings. The Morgan fingerprint density at radius 2 is 2.13 bits per heavy atom. The zero-order valence-corrected chi connectivity index (χ0v) is 8.30. The zero-order valence-electron chi connectivity index (χ0n) is 8.30. The fourth-order valence-corrected chi connectivity index (χ4v) is 2.15. The topological polar surface area (TPSA) is 63.3 Å². The van der Waals surface area contributed by atoms with E-state index >= 15 is 0 Å². The van der Waals surface area contributed by atoms with Gasteiger partial charge in [0.05, 0.1) is 12.4 Å². The molecular weight excluding hydrogens is 192 g/mol. The first-order valence-electron chi connectivity index (χ1n) is 5.24. The van der Waals surface area contributed by atoms with Gasteiger partial charge in [-0.05, 0) is 12.8 Å². The van der Waals surface area contributed by atoms with Gasteiger partial charge in [0, 0.05) is 5.92 Å². The Balaban J connectivity index is 2.05. The van der Waals surface area contributed by atoms with Gasteiger partial charge < -0.3 is 5.11 Å². The summed E-state index contributed by atoms with van der Waals surface area (Å²) < 4.78 is 1.54. The van der Waals surface area contributed by atoms with Gasteiger partial charge >= 0.3 is 0 Å². The molecule has 1 fully saturated rings. The van der Waals surface area contributed by atoms with Gasteiger partial charge in [0.1, 0.15) is 0 Å². The average molecular weight is 204 g/mol. The maximum absolute atomic E-state index is 9.25. The molecule has 15 heavy (non-hydrogen) atoms. The van der Waals surface area contributed by atoms with Crippen LogP contribution in [0.25, 0.3) is 5.78 Å². The first-order chi connectivity index (χ1) is 7.33. The van der Waals surface area contributed by atoms with Crippen molar-refractivity contribution in [3.8, 4) is 5.75 Å². The fraction of sp³-hybridized carbons (Fsp3) is 0.500. The summed E-state index contributed by atoms with van der Waals surface area (Å²) in [6.45, 7) is 0. The SMILES string of the molecule is Oc1cnc2nc(C3CCCC3)nn2c1. The smallest absolute Gasteiger partial charge is 0.252 e. The molecule has 3 rings (SSSR count). The molecule has 5 heteroatoms. The summed E-state index contributed by atoms with van der Waals surface area (Å²) in [4.78, 5) is 8.38. The van der Waals surface area contributed by atoms with Crippen molar-refractivity contribution in [1.82, 2.24) is 19.6 Å². The van der Waals surface area contributed by atoms with Crippen molar-refractivity contribution < 1.29 is 5.11 Å². The third kappa shape index (κ3) is 1.44. The number of hydrogen-bond donors (Lipinski definition) is 1. The number of rotatable bonds is 1. The molecule has 0 saturated heterocycles. The predicted molar refractivity (Wildman–Crippen MR) is 53.7 cm³/mol. The molecule has 2 aromatic heterocycles. The first kappa shape index (κ1) is 8.64. The minimum atomic E-state index is 0.116. The highest BCUT2D eigenvalue weighted by Crippen LogP contribution is 2.32. The number of nitrogens with zero attached hydrogens (tertiary/aromatic N) is 4. The lowest BCUT2D eigenvalue weighted by atomic mass is 10.1. The highest BCUT2D eigenvalue weighted by Gasteiger charge is 2.21. The van der Waals surface area contributed by atoms with E-state index in [0.717, 1.165) is 5.82 Å². The Morgan fingerprint density at radius 1 is 1.33 bits per heavy atom. The quantitative estimate of drug-likeness (QED) is 0.764. The van der Waals surface area contributed by atoms with Gasteiger partial charge in [-0.1, -0.05) is 12.8 Å². The largest absolute Gasteiger partial charge is 0.505 e. The van der Waals surface area contributed by atoms with Gasteiger partial charge in [-0.15, -0.1) is 5.10 Å². The highest BCUT2D eigenvalue weighted by atomic mass is 16.3. The Labute approximate surface area is 86.8 Å². The van der Waals surface area contributed by atoms with Crippen LogP contribution in [0.5, 0.6) is 5.75 Å². The predicted octanol–water partition coefficient (Wildman–Crippen LogP) is 1.49. The van der Waals surface area contributed by atoms with Gasteiger partial charge in [-0.25, -0.2) is 9.50 Å². The van der Waals surface area contributed by atoms with Crippen LogP contribution in [-0.2, 0) is 0 Å².